The molecular weight excluding hydrogens is 384 g/mol. The van der Waals surface area contributed by atoms with Gasteiger partial charge in [-0.05, 0) is 61.9 Å². The van der Waals surface area contributed by atoms with E-state index in [1.165, 1.54) is 0 Å². The summed E-state index contributed by atoms with van der Waals surface area (Å²) in [7, 11) is -3.64. The van der Waals surface area contributed by atoms with Crippen LogP contribution in [-0.4, -0.2) is 23.4 Å². The number of anilines is 1. The van der Waals surface area contributed by atoms with Crippen molar-refractivity contribution in [2.45, 2.75) is 18.7 Å². The predicted molar refractivity (Wildman–Crippen MR) is 114 cm³/mol. The van der Waals surface area contributed by atoms with Crippen LogP contribution in [0.3, 0.4) is 0 Å². The molecule has 0 radical (unpaired) electrons. The molecule has 0 spiro atoms. The summed E-state index contributed by atoms with van der Waals surface area (Å²) in [4.78, 5) is 12.3. The van der Waals surface area contributed by atoms with E-state index in [-0.39, 0.29) is 4.90 Å². The molecular formula is C22H20N4O2S. The number of rotatable bonds is 5. The summed E-state index contributed by atoms with van der Waals surface area (Å²) < 4.78 is 27.9. The van der Waals surface area contributed by atoms with Crippen molar-refractivity contribution in [3.8, 4) is 22.6 Å². The molecule has 0 fully saturated rings. The minimum absolute atomic E-state index is 0.270. The topological polar surface area (TPSA) is 87.7 Å². The SMILES string of the molecule is Cc1ccccc1S(=O)(=O)Nc1ccc(-c2nc(C)c(-c3cccnc3)[nH]2)cc1. The van der Waals surface area contributed by atoms with Crippen LogP contribution >= 0.6 is 0 Å². The summed E-state index contributed by atoms with van der Waals surface area (Å²) in [5.41, 5.74) is 4.81. The van der Waals surface area contributed by atoms with Crippen molar-refractivity contribution in [3.63, 3.8) is 0 Å². The summed E-state index contributed by atoms with van der Waals surface area (Å²) in [5.74, 6) is 0.717. The fraction of sp³-hybridized carbons (Fsp3) is 0.0909. The van der Waals surface area contributed by atoms with Crippen LogP contribution < -0.4 is 4.72 Å². The lowest BCUT2D eigenvalue weighted by Crippen LogP contribution is -2.14. The number of sulfonamides is 1. The molecule has 29 heavy (non-hydrogen) atoms. The average molecular weight is 404 g/mol. The maximum absolute atomic E-state index is 12.6. The van der Waals surface area contributed by atoms with Crippen molar-refractivity contribution in [2.75, 3.05) is 4.72 Å². The molecule has 2 aromatic heterocycles. The van der Waals surface area contributed by atoms with Gasteiger partial charge in [0, 0.05) is 29.2 Å². The number of pyridine rings is 1. The molecule has 0 aliphatic heterocycles. The number of aromatic amines is 1. The number of benzene rings is 2. The number of aromatic nitrogens is 3. The summed E-state index contributed by atoms with van der Waals surface area (Å²) in [6.07, 6.45) is 3.51. The Kier molecular flexibility index (Phi) is 4.90. The molecule has 7 heteroatoms. The molecule has 0 aliphatic carbocycles. The highest BCUT2D eigenvalue weighted by molar-refractivity contribution is 7.92. The minimum atomic E-state index is -3.64. The highest BCUT2D eigenvalue weighted by Crippen LogP contribution is 2.26. The third kappa shape index (κ3) is 3.90. The monoisotopic (exact) mass is 404 g/mol. The van der Waals surface area contributed by atoms with E-state index in [4.69, 9.17) is 0 Å². The molecule has 0 aliphatic rings. The zero-order valence-electron chi connectivity index (χ0n) is 16.0. The Morgan fingerprint density at radius 1 is 0.897 bits per heavy atom. The first kappa shape index (κ1) is 18.9. The Morgan fingerprint density at radius 2 is 1.66 bits per heavy atom. The molecule has 0 unspecified atom stereocenters. The summed E-state index contributed by atoms with van der Waals surface area (Å²) >= 11 is 0. The highest BCUT2D eigenvalue weighted by atomic mass is 32.2. The van der Waals surface area contributed by atoms with Gasteiger partial charge in [-0.1, -0.05) is 18.2 Å². The lowest BCUT2D eigenvalue weighted by atomic mass is 10.2. The quantitative estimate of drug-likeness (QED) is 0.511. The van der Waals surface area contributed by atoms with Crippen molar-refractivity contribution in [1.29, 1.82) is 0 Å². The number of nitrogens with one attached hydrogen (secondary N) is 2. The van der Waals surface area contributed by atoms with Gasteiger partial charge in [0.1, 0.15) is 5.82 Å². The molecule has 2 aromatic carbocycles. The molecule has 6 nitrogen and oxygen atoms in total. The van der Waals surface area contributed by atoms with Crippen molar-refractivity contribution in [3.05, 3.63) is 84.3 Å². The molecule has 2 N–H and O–H groups in total. The van der Waals surface area contributed by atoms with Crippen molar-refractivity contribution >= 4 is 15.7 Å². The molecule has 4 aromatic rings. The average Bonchev–Trinajstić information content (AvgIpc) is 3.11. The van der Waals surface area contributed by atoms with Gasteiger partial charge in [0.05, 0.1) is 16.3 Å². The fourth-order valence-corrected chi connectivity index (χ4v) is 4.46. The number of nitrogens with zero attached hydrogens (tertiary/aromatic N) is 2. The molecule has 0 amide bonds. The number of H-pyrrole nitrogens is 1. The second kappa shape index (κ2) is 7.52. The lowest BCUT2D eigenvalue weighted by Gasteiger charge is -2.10. The third-order valence-electron chi connectivity index (χ3n) is 4.63. The molecule has 146 valence electrons. The fourth-order valence-electron chi connectivity index (χ4n) is 3.15. The smallest absolute Gasteiger partial charge is 0.262 e. The number of hydrogen-bond acceptors (Lipinski definition) is 4. The van der Waals surface area contributed by atoms with Crippen molar-refractivity contribution in [2.24, 2.45) is 0 Å². The molecule has 0 saturated heterocycles. The Morgan fingerprint density at radius 3 is 2.34 bits per heavy atom. The first-order chi connectivity index (χ1) is 13.9. The van der Waals surface area contributed by atoms with Crippen LogP contribution in [0.15, 0.2) is 78.0 Å². The predicted octanol–water partition coefficient (Wildman–Crippen LogP) is 4.56. The second-order valence-corrected chi connectivity index (χ2v) is 8.39. The maximum atomic E-state index is 12.6. The van der Waals surface area contributed by atoms with E-state index >= 15 is 0 Å². The summed E-state index contributed by atoms with van der Waals surface area (Å²) in [6.45, 7) is 3.71. The van der Waals surface area contributed by atoms with Gasteiger partial charge in [-0.15, -0.1) is 0 Å². The molecule has 4 rings (SSSR count). The van der Waals surface area contributed by atoms with E-state index in [9.17, 15) is 8.42 Å². The Labute approximate surface area is 169 Å². The van der Waals surface area contributed by atoms with Crippen LogP contribution in [0.5, 0.6) is 0 Å². The number of imidazole rings is 1. The molecule has 2 heterocycles. The van der Waals surface area contributed by atoms with Gasteiger partial charge < -0.3 is 4.98 Å². The zero-order valence-corrected chi connectivity index (χ0v) is 16.9. The van der Waals surface area contributed by atoms with Crippen molar-refractivity contribution < 1.29 is 8.42 Å². The van der Waals surface area contributed by atoms with Crippen LogP contribution in [0.4, 0.5) is 5.69 Å². The van der Waals surface area contributed by atoms with Gasteiger partial charge in [0.15, 0.2) is 0 Å². The molecule has 0 saturated carbocycles. The van der Waals surface area contributed by atoms with E-state index in [1.54, 1.807) is 49.6 Å². The van der Waals surface area contributed by atoms with Gasteiger partial charge in [-0.25, -0.2) is 13.4 Å². The summed E-state index contributed by atoms with van der Waals surface area (Å²) in [6, 6.07) is 17.9. The summed E-state index contributed by atoms with van der Waals surface area (Å²) in [5, 5.41) is 0. The first-order valence-corrected chi connectivity index (χ1v) is 10.6. The molecule has 0 bridgehead atoms. The van der Waals surface area contributed by atoms with Gasteiger partial charge in [0.2, 0.25) is 0 Å². The largest absolute Gasteiger partial charge is 0.338 e. The van der Waals surface area contributed by atoms with E-state index < -0.39 is 10.0 Å². The van der Waals surface area contributed by atoms with Crippen LogP contribution in [0.25, 0.3) is 22.6 Å². The van der Waals surface area contributed by atoms with Gasteiger partial charge in [-0.2, -0.15) is 0 Å². The van der Waals surface area contributed by atoms with E-state index in [0.717, 1.165) is 28.3 Å². The maximum Gasteiger partial charge on any atom is 0.262 e. The van der Waals surface area contributed by atoms with E-state index in [0.29, 0.717) is 11.3 Å². The Hall–Kier alpha value is -3.45. The standard InChI is InChI=1S/C22H20N4O2S/c1-15-6-3-4-8-20(15)29(27,28)26-19-11-9-17(10-12-19)22-24-16(2)21(25-22)18-7-5-13-23-14-18/h3-14,26H,1-2H3,(H,24,25). The number of hydrogen-bond donors (Lipinski definition) is 2. The van der Waals surface area contributed by atoms with E-state index in [2.05, 4.69) is 19.7 Å². The lowest BCUT2D eigenvalue weighted by molar-refractivity contribution is 0.600. The van der Waals surface area contributed by atoms with Crippen LogP contribution in [-0.2, 0) is 10.0 Å². The van der Waals surface area contributed by atoms with Crippen LogP contribution in [0.2, 0.25) is 0 Å². The third-order valence-corrected chi connectivity index (χ3v) is 6.17. The zero-order chi connectivity index (χ0) is 20.4. The first-order valence-electron chi connectivity index (χ1n) is 9.10. The molecule has 0 atom stereocenters. The Balaban J connectivity index is 1.58. The second-order valence-electron chi connectivity index (χ2n) is 6.74. The van der Waals surface area contributed by atoms with Gasteiger partial charge in [-0.3, -0.25) is 9.71 Å². The van der Waals surface area contributed by atoms with Crippen molar-refractivity contribution in [1.82, 2.24) is 15.0 Å². The van der Waals surface area contributed by atoms with Crippen LogP contribution in [0, 0.1) is 13.8 Å². The van der Waals surface area contributed by atoms with Gasteiger partial charge >= 0.3 is 0 Å². The Bertz CT molecular complexity index is 1250. The van der Waals surface area contributed by atoms with Gasteiger partial charge in [0.25, 0.3) is 10.0 Å². The normalized spacial score (nSPS) is 11.4. The number of aryl methyl sites for hydroxylation is 2. The van der Waals surface area contributed by atoms with Crippen LogP contribution in [0.1, 0.15) is 11.3 Å². The van der Waals surface area contributed by atoms with E-state index in [1.807, 2.05) is 37.3 Å². The highest BCUT2D eigenvalue weighted by Gasteiger charge is 2.16. The minimum Gasteiger partial charge on any atom is -0.338 e.